The van der Waals surface area contributed by atoms with Crippen LogP contribution in [0.5, 0.6) is 0 Å². The maximum atomic E-state index is 13.7. The average molecular weight is 443 g/mol. The molecule has 0 radical (unpaired) electrons. The van der Waals surface area contributed by atoms with Crippen LogP contribution >= 0.6 is 0 Å². The second-order valence-electron chi connectivity index (χ2n) is 9.00. The smallest absolute Gasteiger partial charge is 0.253 e. The Morgan fingerprint density at radius 3 is 2.44 bits per heavy atom. The van der Waals surface area contributed by atoms with E-state index < -0.39 is 29.5 Å². The molecule has 2 heterocycles. The number of ether oxygens (including phenoxy) is 1. The van der Waals surface area contributed by atoms with Crippen LogP contribution in [0.15, 0.2) is 48.5 Å². The molecule has 2 amide bonds. The molecule has 7 heteroatoms. The zero-order valence-electron chi connectivity index (χ0n) is 18.3. The minimum Gasteiger partial charge on any atom is -0.352 e. The van der Waals surface area contributed by atoms with Crippen LogP contribution in [0, 0.1) is 17.6 Å². The van der Waals surface area contributed by atoms with Crippen molar-refractivity contribution in [2.24, 2.45) is 5.92 Å². The summed E-state index contributed by atoms with van der Waals surface area (Å²) in [6, 6.07) is 12.1. The lowest BCUT2D eigenvalue weighted by Gasteiger charge is -2.46. The van der Waals surface area contributed by atoms with Crippen LogP contribution in [0.3, 0.4) is 0 Å². The number of likely N-dealkylation sites (tertiary alicyclic amines) is 2. The van der Waals surface area contributed by atoms with Crippen LogP contribution in [0.25, 0.3) is 0 Å². The number of benzene rings is 2. The van der Waals surface area contributed by atoms with E-state index in [0.29, 0.717) is 49.9 Å². The van der Waals surface area contributed by atoms with Gasteiger partial charge in [0.25, 0.3) is 5.91 Å². The Morgan fingerprint density at radius 2 is 1.81 bits per heavy atom. The summed E-state index contributed by atoms with van der Waals surface area (Å²) in [7, 11) is 0. The third kappa shape index (κ3) is 4.39. The van der Waals surface area contributed by atoms with Crippen molar-refractivity contribution in [1.82, 2.24) is 9.80 Å². The molecule has 5 nitrogen and oxygen atoms in total. The van der Waals surface area contributed by atoms with E-state index in [1.807, 2.05) is 49.1 Å². The number of halogens is 2. The number of hydrogen-bond acceptors (Lipinski definition) is 3. The first-order chi connectivity index (χ1) is 15.3. The molecule has 2 aromatic carbocycles. The Kier molecular flexibility index (Phi) is 6.29. The molecule has 2 fully saturated rings. The summed E-state index contributed by atoms with van der Waals surface area (Å²) in [6.07, 6.45) is 2.00. The number of rotatable bonds is 5. The number of amides is 2. The Hall–Kier alpha value is -2.80. The minimum atomic E-state index is -0.661. The topological polar surface area (TPSA) is 49.9 Å². The number of carbonyl (C=O) groups is 2. The standard InChI is InChI=1S/C25H28F2N2O3/c1-17-15-28(24(31)18-6-4-3-5-7-18)11-10-25(17,2)32-23-9-8-22(29(23)16-30)19-12-20(26)14-21(27)13-19/h3-7,12-14,16-17,22-23H,8-11,15H2,1-2H3/t17?,22-,23+,25?/m0/s1. The first kappa shape index (κ1) is 22.4. The van der Waals surface area contributed by atoms with Gasteiger partial charge in [0.1, 0.15) is 17.9 Å². The van der Waals surface area contributed by atoms with Gasteiger partial charge in [-0.3, -0.25) is 9.59 Å². The van der Waals surface area contributed by atoms with Crippen LogP contribution in [-0.4, -0.2) is 47.0 Å². The van der Waals surface area contributed by atoms with Crippen molar-refractivity contribution in [3.8, 4) is 0 Å². The van der Waals surface area contributed by atoms with Crippen molar-refractivity contribution in [3.05, 3.63) is 71.3 Å². The lowest BCUT2D eigenvalue weighted by Crippen LogP contribution is -2.54. The van der Waals surface area contributed by atoms with E-state index in [0.717, 1.165) is 6.07 Å². The molecular weight excluding hydrogens is 414 g/mol. The molecular formula is C25H28F2N2O3. The van der Waals surface area contributed by atoms with Gasteiger partial charge in [0, 0.05) is 30.6 Å². The molecule has 170 valence electrons. The van der Waals surface area contributed by atoms with Gasteiger partial charge in [-0.05, 0) is 56.0 Å². The molecule has 2 saturated heterocycles. The maximum Gasteiger partial charge on any atom is 0.253 e. The average Bonchev–Trinajstić information content (AvgIpc) is 3.17. The molecule has 0 aliphatic carbocycles. The first-order valence-corrected chi connectivity index (χ1v) is 11.0. The van der Waals surface area contributed by atoms with E-state index in [4.69, 9.17) is 4.74 Å². The molecule has 2 aliphatic heterocycles. The molecule has 0 aromatic heterocycles. The predicted octanol–water partition coefficient (Wildman–Crippen LogP) is 4.54. The van der Waals surface area contributed by atoms with E-state index in [9.17, 15) is 18.4 Å². The van der Waals surface area contributed by atoms with Gasteiger partial charge in [-0.15, -0.1) is 0 Å². The molecule has 4 rings (SSSR count). The van der Waals surface area contributed by atoms with Crippen molar-refractivity contribution < 1.29 is 23.1 Å². The van der Waals surface area contributed by atoms with Gasteiger partial charge in [0.15, 0.2) is 0 Å². The summed E-state index contributed by atoms with van der Waals surface area (Å²) in [5.74, 6) is -1.27. The molecule has 2 unspecified atom stereocenters. The molecule has 32 heavy (non-hydrogen) atoms. The molecule has 0 saturated carbocycles. The summed E-state index contributed by atoms with van der Waals surface area (Å²) >= 11 is 0. The van der Waals surface area contributed by atoms with E-state index in [-0.39, 0.29) is 11.8 Å². The fourth-order valence-corrected chi connectivity index (χ4v) is 4.82. The highest BCUT2D eigenvalue weighted by atomic mass is 19.1. The molecule has 4 atom stereocenters. The highest BCUT2D eigenvalue weighted by Crippen LogP contribution is 2.41. The van der Waals surface area contributed by atoms with Gasteiger partial charge in [-0.2, -0.15) is 0 Å². The first-order valence-electron chi connectivity index (χ1n) is 11.0. The van der Waals surface area contributed by atoms with Crippen LogP contribution in [-0.2, 0) is 9.53 Å². The molecule has 0 spiro atoms. The molecule has 2 aliphatic rings. The third-order valence-electron chi connectivity index (χ3n) is 6.90. The van der Waals surface area contributed by atoms with E-state index in [1.165, 1.54) is 17.0 Å². The van der Waals surface area contributed by atoms with Crippen molar-refractivity contribution >= 4 is 12.3 Å². The number of piperidine rings is 1. The lowest BCUT2D eigenvalue weighted by atomic mass is 9.83. The van der Waals surface area contributed by atoms with Crippen molar-refractivity contribution in [2.45, 2.75) is 51.0 Å². The normalized spacial score (nSPS) is 28.1. The van der Waals surface area contributed by atoms with E-state index in [1.54, 1.807) is 0 Å². The maximum absolute atomic E-state index is 13.7. The summed E-state index contributed by atoms with van der Waals surface area (Å²) in [6.45, 7) is 5.17. The summed E-state index contributed by atoms with van der Waals surface area (Å²) < 4.78 is 33.9. The molecule has 2 aromatic rings. The minimum absolute atomic E-state index is 0.00285. The van der Waals surface area contributed by atoms with Gasteiger partial charge in [-0.25, -0.2) is 8.78 Å². The number of hydrogen-bond donors (Lipinski definition) is 0. The van der Waals surface area contributed by atoms with E-state index in [2.05, 4.69) is 0 Å². The van der Waals surface area contributed by atoms with Crippen LogP contribution in [0.1, 0.15) is 55.1 Å². The lowest BCUT2D eigenvalue weighted by molar-refractivity contribution is -0.179. The zero-order valence-corrected chi connectivity index (χ0v) is 18.3. The highest BCUT2D eigenvalue weighted by Gasteiger charge is 2.44. The SMILES string of the molecule is CC1CN(C(=O)c2ccccc2)CCC1(C)O[C@@H]1CC[C@@H](c2cc(F)cc(F)c2)N1C=O. The third-order valence-corrected chi connectivity index (χ3v) is 6.90. The highest BCUT2D eigenvalue weighted by molar-refractivity contribution is 5.94. The molecule has 0 N–H and O–H groups in total. The van der Waals surface area contributed by atoms with Gasteiger partial charge in [-0.1, -0.05) is 25.1 Å². The van der Waals surface area contributed by atoms with Gasteiger partial charge in [0.05, 0.1) is 11.6 Å². The van der Waals surface area contributed by atoms with Gasteiger partial charge < -0.3 is 14.5 Å². The Morgan fingerprint density at radius 1 is 1.12 bits per heavy atom. The zero-order chi connectivity index (χ0) is 22.9. The second-order valence-corrected chi connectivity index (χ2v) is 9.00. The van der Waals surface area contributed by atoms with Crippen molar-refractivity contribution in [3.63, 3.8) is 0 Å². The predicted molar refractivity (Wildman–Crippen MR) is 116 cm³/mol. The Balaban J connectivity index is 1.44. The van der Waals surface area contributed by atoms with Crippen LogP contribution in [0.2, 0.25) is 0 Å². The summed E-state index contributed by atoms with van der Waals surface area (Å²) in [5, 5.41) is 0. The quantitative estimate of drug-likeness (QED) is 0.639. The van der Waals surface area contributed by atoms with E-state index >= 15 is 0 Å². The Bertz CT molecular complexity index is 966. The fraction of sp³-hybridized carbons (Fsp3) is 0.440. The monoisotopic (exact) mass is 442 g/mol. The number of nitrogens with zero attached hydrogens (tertiary/aromatic N) is 2. The molecule has 0 bridgehead atoms. The van der Waals surface area contributed by atoms with Crippen LogP contribution < -0.4 is 0 Å². The second kappa shape index (κ2) is 8.98. The largest absolute Gasteiger partial charge is 0.352 e. The van der Waals surface area contributed by atoms with Crippen LogP contribution in [0.4, 0.5) is 8.78 Å². The van der Waals surface area contributed by atoms with Gasteiger partial charge in [0.2, 0.25) is 6.41 Å². The van der Waals surface area contributed by atoms with Crippen molar-refractivity contribution in [1.29, 1.82) is 0 Å². The van der Waals surface area contributed by atoms with Gasteiger partial charge >= 0.3 is 0 Å². The fourth-order valence-electron chi connectivity index (χ4n) is 4.82. The summed E-state index contributed by atoms with van der Waals surface area (Å²) in [4.78, 5) is 28.1. The Labute approximate surface area is 187 Å². The number of carbonyl (C=O) groups excluding carboxylic acids is 2. The van der Waals surface area contributed by atoms with Crippen molar-refractivity contribution in [2.75, 3.05) is 13.1 Å². The summed E-state index contributed by atoms with van der Waals surface area (Å²) in [5.41, 5.74) is 0.570.